The summed E-state index contributed by atoms with van der Waals surface area (Å²) in [5, 5.41) is 10.6. The van der Waals surface area contributed by atoms with Crippen LogP contribution >= 0.6 is 23.5 Å². The predicted molar refractivity (Wildman–Crippen MR) is 260 cm³/mol. The number of aromatic amines is 1. The van der Waals surface area contributed by atoms with E-state index in [2.05, 4.69) is 16.2 Å². The van der Waals surface area contributed by atoms with E-state index < -0.39 is 84.7 Å². The highest BCUT2D eigenvalue weighted by Gasteiger charge is 2.45. The predicted octanol–water partition coefficient (Wildman–Crippen LogP) is 10.6. The average molecular weight is 1050 g/mol. The van der Waals surface area contributed by atoms with Gasteiger partial charge in [0.1, 0.15) is 11.5 Å². The Morgan fingerprint density at radius 1 is 0.686 bits per heavy atom. The van der Waals surface area contributed by atoms with Gasteiger partial charge < -0.3 is 41.4 Å². The lowest BCUT2D eigenvalue weighted by Gasteiger charge is -2.22. The van der Waals surface area contributed by atoms with Gasteiger partial charge in [-0.3, -0.25) is 32.7 Å². The van der Waals surface area contributed by atoms with Crippen molar-refractivity contribution >= 4 is 35.6 Å². The van der Waals surface area contributed by atoms with Gasteiger partial charge in [0.05, 0.1) is 32.5 Å². The van der Waals surface area contributed by atoms with E-state index >= 15 is 0 Å². The summed E-state index contributed by atoms with van der Waals surface area (Å²) in [5.41, 5.74) is -0.445. The summed E-state index contributed by atoms with van der Waals surface area (Å²) in [6.45, 7) is 3.70. The third-order valence-electron chi connectivity index (χ3n) is 11.1. The number of hydrogen-bond acceptors (Lipinski definition) is 18. The molecule has 3 aromatic rings. The fraction of sp³-hybridized carbons (Fsp3) is 0.600. The van der Waals surface area contributed by atoms with E-state index in [0.29, 0.717) is 17.5 Å². The highest BCUT2D eigenvalue weighted by atomic mass is 31.3. The van der Waals surface area contributed by atoms with Crippen LogP contribution in [0.15, 0.2) is 64.3 Å². The summed E-state index contributed by atoms with van der Waals surface area (Å²) in [6.07, 6.45) is 16.3. The molecule has 0 amide bonds. The molecular formula is C45H73N4O18P3. The monoisotopic (exact) mass is 1050 g/mol. The summed E-state index contributed by atoms with van der Waals surface area (Å²) in [6, 6.07) is 10.7. The Labute approximate surface area is 409 Å². The normalized spacial score (nSPS) is 18.1. The van der Waals surface area contributed by atoms with Crippen LogP contribution in [-0.4, -0.2) is 55.9 Å². The molecular weight excluding hydrogens is 977 g/mol. The van der Waals surface area contributed by atoms with E-state index in [1.807, 2.05) is 0 Å². The number of benzene rings is 2. The number of unbranched alkanes of at least 4 members (excludes halogenated alkanes) is 13. The Hall–Kier alpha value is -3.85. The van der Waals surface area contributed by atoms with Crippen molar-refractivity contribution in [3.05, 3.63) is 92.3 Å². The van der Waals surface area contributed by atoms with Crippen LogP contribution in [0.4, 0.5) is 4.79 Å². The quantitative estimate of drug-likeness (QED) is 0.0111. The molecule has 1 fully saturated rings. The SMILES string of the molecule is CCCCCCCCCCCCCCCCOC(=O)Oc1ccc(COP(=O)(OCc2ccc(OC(=O)CC)cc2)OP(=O)(O)OP(=O)(O)OC[C@H]2C[C@@H](n3cc(C)c(=O)[nH]c3=O)C[C@@H]2O)cc1.N.N. The van der Waals surface area contributed by atoms with Gasteiger partial charge in [-0.05, 0) is 61.6 Å². The number of carbonyl (C=O) groups is 2. The molecule has 0 spiro atoms. The Bertz CT molecular complexity index is 2300. The van der Waals surface area contributed by atoms with Gasteiger partial charge in [-0.15, -0.1) is 0 Å². The van der Waals surface area contributed by atoms with E-state index in [9.17, 15) is 47.8 Å². The highest BCUT2D eigenvalue weighted by molar-refractivity contribution is 7.67. The molecule has 0 aliphatic heterocycles. The number of phosphoric acid groups is 3. The minimum atomic E-state index is -5.83. The standard InChI is InChI=1S/C45H67N2O18P3.2H3N/c1-4-6-7-8-9-10-11-12-13-14-15-16-17-18-27-58-45(52)63-40-25-21-36(22-26-40)32-61-68(57,60-31-35-19-23-39(24-20-35)62-42(49)5-2)65-67(55,56)64-66(53,54)59-33-37-28-38(29-41(37)48)47-30-34(3)43(50)46-44(47)51;;/h19-26,30,37-38,41,48H,4-18,27-29,31-33H2,1-3H3,(H,53,54)(H,55,56)(H,46,50,51);2*1H3/t37-,38-,41+,68?;;/m1../s1. The van der Waals surface area contributed by atoms with Crippen LogP contribution in [0.1, 0.15) is 146 Å². The summed E-state index contributed by atoms with van der Waals surface area (Å²) in [7, 11) is -16.5. The van der Waals surface area contributed by atoms with Crippen LogP contribution < -0.4 is 33.0 Å². The number of ether oxygens (including phenoxy) is 3. The lowest BCUT2D eigenvalue weighted by atomic mass is 10.0. The van der Waals surface area contributed by atoms with Crippen molar-refractivity contribution in [1.82, 2.24) is 21.9 Å². The average Bonchev–Trinajstić information content (AvgIpc) is 3.66. The lowest BCUT2D eigenvalue weighted by Crippen LogP contribution is -2.32. The number of carbonyl (C=O) groups excluding carboxylic acids is 2. The summed E-state index contributed by atoms with van der Waals surface area (Å²) in [4.78, 5) is 71.3. The van der Waals surface area contributed by atoms with E-state index in [1.165, 1.54) is 130 Å². The number of aliphatic hydroxyl groups excluding tert-OH is 1. The van der Waals surface area contributed by atoms with E-state index in [1.54, 1.807) is 6.92 Å². The first kappa shape index (κ1) is 62.3. The molecule has 10 N–H and O–H groups in total. The van der Waals surface area contributed by atoms with Crippen LogP contribution in [0.2, 0.25) is 0 Å². The third-order valence-corrected chi connectivity index (χ3v) is 15.7. The van der Waals surface area contributed by atoms with Crippen molar-refractivity contribution in [3.8, 4) is 11.5 Å². The van der Waals surface area contributed by atoms with E-state index in [-0.39, 0.29) is 55.2 Å². The number of hydrogen-bond donors (Lipinski definition) is 6. The first-order chi connectivity index (χ1) is 32.4. The maximum atomic E-state index is 13.9. The largest absolute Gasteiger partial charge is 0.513 e. The zero-order chi connectivity index (χ0) is 49.6. The maximum absolute atomic E-state index is 13.9. The van der Waals surface area contributed by atoms with E-state index in [4.69, 9.17) is 32.1 Å². The number of H-pyrrole nitrogens is 1. The molecule has 6 atom stereocenters. The van der Waals surface area contributed by atoms with Crippen molar-refractivity contribution in [2.24, 2.45) is 5.92 Å². The molecule has 0 radical (unpaired) electrons. The van der Waals surface area contributed by atoms with Crippen molar-refractivity contribution in [2.75, 3.05) is 13.2 Å². The summed E-state index contributed by atoms with van der Waals surface area (Å²) < 4.78 is 81.7. The van der Waals surface area contributed by atoms with Gasteiger partial charge in [-0.1, -0.05) is 122 Å². The summed E-state index contributed by atoms with van der Waals surface area (Å²) in [5.74, 6) is -1.02. The van der Waals surface area contributed by atoms with Crippen LogP contribution in [0, 0.1) is 12.8 Å². The molecule has 0 saturated heterocycles. The van der Waals surface area contributed by atoms with Gasteiger partial charge in [0.25, 0.3) is 5.56 Å². The molecule has 25 heteroatoms. The molecule has 1 saturated carbocycles. The number of rotatable bonds is 32. The zero-order valence-electron chi connectivity index (χ0n) is 40.4. The Morgan fingerprint density at radius 3 is 1.70 bits per heavy atom. The zero-order valence-corrected chi connectivity index (χ0v) is 43.1. The third kappa shape index (κ3) is 23.1. The van der Waals surface area contributed by atoms with Crippen molar-refractivity contribution in [2.45, 2.75) is 155 Å². The van der Waals surface area contributed by atoms with Gasteiger partial charge >= 0.3 is 41.3 Å². The van der Waals surface area contributed by atoms with Crippen molar-refractivity contribution in [3.63, 3.8) is 0 Å². The Kier molecular flexibility index (Phi) is 28.1. The molecule has 4 rings (SSSR count). The molecule has 1 aromatic heterocycles. The number of aryl methyl sites for hydroxylation is 1. The van der Waals surface area contributed by atoms with E-state index in [0.717, 1.165) is 19.3 Å². The second-order valence-electron chi connectivity index (χ2n) is 16.7. The molecule has 2 aromatic carbocycles. The first-order valence-corrected chi connectivity index (χ1v) is 27.7. The van der Waals surface area contributed by atoms with Crippen molar-refractivity contribution < 1.29 is 74.6 Å². The van der Waals surface area contributed by atoms with Gasteiger partial charge in [-0.25, -0.2) is 23.3 Å². The number of nitrogens with one attached hydrogen (secondary N) is 1. The maximum Gasteiger partial charge on any atom is 0.513 e. The van der Waals surface area contributed by atoms with Crippen molar-refractivity contribution in [1.29, 1.82) is 0 Å². The summed E-state index contributed by atoms with van der Waals surface area (Å²) >= 11 is 0. The second kappa shape index (κ2) is 31.6. The molecule has 1 aliphatic carbocycles. The fourth-order valence-electron chi connectivity index (χ4n) is 7.30. The minimum Gasteiger partial charge on any atom is -0.434 e. The second-order valence-corrected chi connectivity index (χ2v) is 21.6. The topological polar surface area (TPSA) is 345 Å². The number of nitrogens with zero attached hydrogens (tertiary/aromatic N) is 1. The van der Waals surface area contributed by atoms with Gasteiger partial charge in [0.15, 0.2) is 0 Å². The Balaban J connectivity index is 0.00000840. The molecule has 3 unspecified atom stereocenters. The molecule has 1 heterocycles. The van der Waals surface area contributed by atoms with Crippen LogP contribution in [0.3, 0.4) is 0 Å². The molecule has 0 bridgehead atoms. The number of phosphoric ester groups is 2. The molecule has 1 aliphatic rings. The van der Waals surface area contributed by atoms with Gasteiger partial charge in [0.2, 0.25) is 0 Å². The Morgan fingerprint density at radius 2 is 1.19 bits per heavy atom. The lowest BCUT2D eigenvalue weighted by molar-refractivity contribution is -0.134. The fourth-order valence-corrected chi connectivity index (χ4v) is 11.4. The minimum absolute atomic E-state index is 0. The van der Waals surface area contributed by atoms with Crippen LogP contribution in [0.5, 0.6) is 11.5 Å². The number of esters is 1. The van der Waals surface area contributed by atoms with Gasteiger partial charge in [0, 0.05) is 30.1 Å². The molecule has 396 valence electrons. The van der Waals surface area contributed by atoms with Crippen LogP contribution in [-0.2, 0) is 58.6 Å². The number of aromatic nitrogens is 2. The van der Waals surface area contributed by atoms with Gasteiger partial charge in [-0.2, -0.15) is 8.62 Å². The molecule has 22 nitrogen and oxygen atoms in total. The first-order valence-electron chi connectivity index (χ1n) is 23.2. The molecule has 70 heavy (non-hydrogen) atoms. The van der Waals surface area contributed by atoms with Crippen LogP contribution in [0.25, 0.3) is 0 Å². The number of aliphatic hydroxyl groups is 1. The highest BCUT2D eigenvalue weighted by Crippen LogP contribution is 2.70. The smallest absolute Gasteiger partial charge is 0.434 e.